The maximum atomic E-state index is 11.6. The van der Waals surface area contributed by atoms with E-state index in [0.29, 0.717) is 18.7 Å². The van der Waals surface area contributed by atoms with Gasteiger partial charge in [-0.1, -0.05) is 0 Å². The number of piperidine rings is 1. The quantitative estimate of drug-likeness (QED) is 0.623. The Morgan fingerprint density at radius 2 is 1.92 bits per heavy atom. The van der Waals surface area contributed by atoms with Crippen molar-refractivity contribution in [3.63, 3.8) is 0 Å². The fourth-order valence-electron chi connectivity index (χ4n) is 2.61. The van der Waals surface area contributed by atoms with Crippen molar-refractivity contribution in [1.29, 1.82) is 0 Å². The van der Waals surface area contributed by atoms with Crippen LogP contribution in [0, 0.1) is 0 Å². The van der Waals surface area contributed by atoms with Crippen molar-refractivity contribution in [1.82, 2.24) is 4.90 Å². The highest BCUT2D eigenvalue weighted by Crippen LogP contribution is 2.35. The molecule has 0 aromatic rings. The SMILES string of the molecule is CCOC(=O)N1C2CCCC1CC2. The van der Waals surface area contributed by atoms with Crippen LogP contribution in [0.15, 0.2) is 0 Å². The Balaban J connectivity index is 2.02. The van der Waals surface area contributed by atoms with Crippen molar-refractivity contribution in [2.24, 2.45) is 0 Å². The van der Waals surface area contributed by atoms with Crippen LogP contribution in [0.3, 0.4) is 0 Å². The molecule has 0 aromatic heterocycles. The van der Waals surface area contributed by atoms with Gasteiger partial charge in [-0.2, -0.15) is 0 Å². The van der Waals surface area contributed by atoms with Gasteiger partial charge >= 0.3 is 6.09 Å². The molecule has 3 nitrogen and oxygen atoms in total. The molecule has 0 aromatic carbocycles. The van der Waals surface area contributed by atoms with E-state index < -0.39 is 0 Å². The molecule has 0 spiro atoms. The molecule has 2 rings (SSSR count). The Morgan fingerprint density at radius 3 is 2.46 bits per heavy atom. The molecule has 0 aliphatic carbocycles. The van der Waals surface area contributed by atoms with Crippen molar-refractivity contribution < 1.29 is 9.53 Å². The predicted molar refractivity (Wildman–Crippen MR) is 49.5 cm³/mol. The van der Waals surface area contributed by atoms with Gasteiger partial charge in [0.15, 0.2) is 0 Å². The first-order valence-corrected chi connectivity index (χ1v) is 5.28. The molecule has 2 aliphatic rings. The molecule has 2 aliphatic heterocycles. The Hall–Kier alpha value is -0.730. The third kappa shape index (κ3) is 1.52. The highest BCUT2D eigenvalue weighted by molar-refractivity contribution is 5.69. The largest absolute Gasteiger partial charge is 0.450 e. The summed E-state index contributed by atoms with van der Waals surface area (Å²) in [6, 6.07) is 0.968. The average Bonchev–Trinajstić information content (AvgIpc) is 2.37. The lowest BCUT2D eigenvalue weighted by Gasteiger charge is -2.33. The van der Waals surface area contributed by atoms with Crippen LogP contribution in [0.5, 0.6) is 0 Å². The summed E-state index contributed by atoms with van der Waals surface area (Å²) < 4.78 is 5.05. The molecule has 1 amide bonds. The summed E-state index contributed by atoms with van der Waals surface area (Å²) >= 11 is 0. The van der Waals surface area contributed by atoms with Gasteiger partial charge in [0, 0.05) is 12.1 Å². The topological polar surface area (TPSA) is 29.5 Å². The van der Waals surface area contributed by atoms with Crippen molar-refractivity contribution in [3.05, 3.63) is 0 Å². The van der Waals surface area contributed by atoms with Gasteiger partial charge in [-0.15, -0.1) is 0 Å². The first-order chi connectivity index (χ1) is 6.33. The molecular formula is C10H17NO2. The third-order valence-electron chi connectivity index (χ3n) is 3.17. The minimum atomic E-state index is -0.0882. The fraction of sp³-hybridized carbons (Fsp3) is 0.900. The van der Waals surface area contributed by atoms with E-state index in [2.05, 4.69) is 0 Å². The van der Waals surface area contributed by atoms with E-state index in [1.54, 1.807) is 0 Å². The lowest BCUT2D eigenvalue weighted by molar-refractivity contribution is 0.0735. The van der Waals surface area contributed by atoms with E-state index in [1.807, 2.05) is 11.8 Å². The Labute approximate surface area is 79.0 Å². The van der Waals surface area contributed by atoms with Gasteiger partial charge in [0.1, 0.15) is 0 Å². The normalized spacial score (nSPS) is 31.9. The zero-order valence-electron chi connectivity index (χ0n) is 8.16. The lowest BCUT2D eigenvalue weighted by Crippen LogP contribution is -2.44. The molecule has 0 radical (unpaired) electrons. The Bertz CT molecular complexity index is 189. The number of rotatable bonds is 1. The molecule has 2 saturated heterocycles. The first-order valence-electron chi connectivity index (χ1n) is 5.28. The number of hydrogen-bond donors (Lipinski definition) is 0. The van der Waals surface area contributed by atoms with Crippen LogP contribution >= 0.6 is 0 Å². The molecule has 0 saturated carbocycles. The monoisotopic (exact) mass is 183 g/mol. The third-order valence-corrected chi connectivity index (χ3v) is 3.17. The smallest absolute Gasteiger partial charge is 0.410 e. The molecular weight excluding hydrogens is 166 g/mol. The molecule has 2 fully saturated rings. The minimum Gasteiger partial charge on any atom is -0.450 e. The van der Waals surface area contributed by atoms with Gasteiger partial charge in [0.2, 0.25) is 0 Å². The summed E-state index contributed by atoms with van der Waals surface area (Å²) in [6.45, 7) is 2.36. The second-order valence-corrected chi connectivity index (χ2v) is 3.92. The zero-order valence-corrected chi connectivity index (χ0v) is 8.16. The highest BCUT2D eigenvalue weighted by atomic mass is 16.6. The molecule has 2 bridgehead atoms. The van der Waals surface area contributed by atoms with Crippen LogP contribution in [-0.4, -0.2) is 29.7 Å². The number of nitrogens with zero attached hydrogens (tertiary/aromatic N) is 1. The van der Waals surface area contributed by atoms with Gasteiger partial charge in [-0.05, 0) is 39.0 Å². The molecule has 0 N–H and O–H groups in total. The second-order valence-electron chi connectivity index (χ2n) is 3.92. The summed E-state index contributed by atoms with van der Waals surface area (Å²) in [7, 11) is 0. The average molecular weight is 183 g/mol. The van der Waals surface area contributed by atoms with Gasteiger partial charge in [-0.3, -0.25) is 0 Å². The number of ether oxygens (including phenoxy) is 1. The van der Waals surface area contributed by atoms with Gasteiger partial charge < -0.3 is 9.64 Å². The van der Waals surface area contributed by atoms with Gasteiger partial charge in [-0.25, -0.2) is 4.79 Å². The van der Waals surface area contributed by atoms with Crippen molar-refractivity contribution in [2.45, 2.75) is 51.1 Å². The zero-order chi connectivity index (χ0) is 9.26. The van der Waals surface area contributed by atoms with E-state index in [-0.39, 0.29) is 6.09 Å². The second kappa shape index (κ2) is 3.56. The van der Waals surface area contributed by atoms with Gasteiger partial charge in [0.25, 0.3) is 0 Å². The van der Waals surface area contributed by atoms with Crippen molar-refractivity contribution >= 4 is 6.09 Å². The minimum absolute atomic E-state index is 0.0882. The van der Waals surface area contributed by atoms with Crippen LogP contribution < -0.4 is 0 Å². The molecule has 3 heteroatoms. The predicted octanol–water partition coefficient (Wildman–Crippen LogP) is 2.16. The van der Waals surface area contributed by atoms with Crippen molar-refractivity contribution in [2.75, 3.05) is 6.61 Å². The summed E-state index contributed by atoms with van der Waals surface area (Å²) in [4.78, 5) is 13.5. The number of hydrogen-bond acceptors (Lipinski definition) is 2. The van der Waals surface area contributed by atoms with Crippen LogP contribution in [-0.2, 0) is 4.74 Å². The van der Waals surface area contributed by atoms with Crippen molar-refractivity contribution in [3.8, 4) is 0 Å². The lowest BCUT2D eigenvalue weighted by atomic mass is 10.0. The van der Waals surface area contributed by atoms with Crippen LogP contribution in [0.4, 0.5) is 4.79 Å². The molecule has 2 unspecified atom stereocenters. The van der Waals surface area contributed by atoms with E-state index in [9.17, 15) is 4.79 Å². The van der Waals surface area contributed by atoms with E-state index in [0.717, 1.165) is 0 Å². The molecule has 13 heavy (non-hydrogen) atoms. The first kappa shape index (κ1) is 8.85. The Morgan fingerprint density at radius 1 is 1.31 bits per heavy atom. The van der Waals surface area contributed by atoms with E-state index in [4.69, 9.17) is 4.74 Å². The van der Waals surface area contributed by atoms with Crippen LogP contribution in [0.25, 0.3) is 0 Å². The maximum absolute atomic E-state index is 11.6. The van der Waals surface area contributed by atoms with Crippen LogP contribution in [0.2, 0.25) is 0 Å². The summed E-state index contributed by atoms with van der Waals surface area (Å²) in [5, 5.41) is 0. The highest BCUT2D eigenvalue weighted by Gasteiger charge is 2.40. The van der Waals surface area contributed by atoms with Gasteiger partial charge in [0.05, 0.1) is 6.61 Å². The standard InChI is InChI=1S/C10H17NO2/c1-2-13-10(12)11-8-4-3-5-9(11)7-6-8/h8-9H,2-7H2,1H3. The summed E-state index contributed by atoms with van der Waals surface area (Å²) in [5.41, 5.74) is 0. The number of fused-ring (bicyclic) bond motifs is 2. The molecule has 2 heterocycles. The summed E-state index contributed by atoms with van der Waals surface area (Å²) in [5.74, 6) is 0. The maximum Gasteiger partial charge on any atom is 0.410 e. The number of carbonyl (C=O) groups is 1. The fourth-order valence-corrected chi connectivity index (χ4v) is 2.61. The molecule has 2 atom stereocenters. The number of amides is 1. The van der Waals surface area contributed by atoms with Crippen LogP contribution in [0.1, 0.15) is 39.0 Å². The van der Waals surface area contributed by atoms with E-state index >= 15 is 0 Å². The Kier molecular flexibility index (Phi) is 2.42. The molecule has 74 valence electrons. The van der Waals surface area contributed by atoms with E-state index in [1.165, 1.54) is 32.1 Å². The summed E-state index contributed by atoms with van der Waals surface area (Å²) in [6.07, 6.45) is 5.91. The number of carbonyl (C=O) groups excluding carboxylic acids is 1.